The Bertz CT molecular complexity index is 973. The molecule has 2 amide bonds. The third kappa shape index (κ3) is 5.14. The first-order chi connectivity index (χ1) is 13.5. The van der Waals surface area contributed by atoms with Crippen molar-refractivity contribution in [3.63, 3.8) is 0 Å². The Morgan fingerprint density at radius 2 is 1.71 bits per heavy atom. The molecule has 1 heterocycles. The lowest BCUT2D eigenvalue weighted by Crippen LogP contribution is -2.43. The first-order valence-electron chi connectivity index (χ1n) is 8.45. The van der Waals surface area contributed by atoms with E-state index in [9.17, 15) is 14.0 Å². The van der Waals surface area contributed by atoms with Crippen LogP contribution in [0.3, 0.4) is 0 Å². The second kappa shape index (κ2) is 9.09. The van der Waals surface area contributed by atoms with Gasteiger partial charge < -0.3 is 4.74 Å². The Balaban J connectivity index is 1.50. The average molecular weight is 399 g/mol. The number of aromatic nitrogens is 1. The monoisotopic (exact) mass is 399 g/mol. The van der Waals surface area contributed by atoms with E-state index < -0.39 is 0 Å². The van der Waals surface area contributed by atoms with Crippen molar-refractivity contribution in [2.24, 2.45) is 0 Å². The van der Waals surface area contributed by atoms with Gasteiger partial charge in [0.15, 0.2) is 0 Å². The molecule has 0 atom stereocenters. The molecule has 1 aromatic heterocycles. The summed E-state index contributed by atoms with van der Waals surface area (Å²) in [6.45, 7) is 0. The van der Waals surface area contributed by atoms with Crippen LogP contribution in [0.1, 0.15) is 11.3 Å². The van der Waals surface area contributed by atoms with E-state index in [2.05, 4.69) is 15.8 Å². The number of thiazole rings is 1. The summed E-state index contributed by atoms with van der Waals surface area (Å²) in [5.41, 5.74) is 6.84. The molecule has 0 unspecified atom stereocenters. The van der Waals surface area contributed by atoms with Gasteiger partial charge >= 0.3 is 0 Å². The predicted molar refractivity (Wildman–Crippen MR) is 104 cm³/mol. The zero-order chi connectivity index (χ0) is 19.9. The molecular formula is C20H18FN3O3S. The van der Waals surface area contributed by atoms with Crippen LogP contribution in [0, 0.1) is 5.82 Å². The first kappa shape index (κ1) is 19.5. The molecule has 0 aliphatic carbocycles. The highest BCUT2D eigenvalue weighted by molar-refractivity contribution is 7.13. The number of benzene rings is 2. The van der Waals surface area contributed by atoms with Gasteiger partial charge in [-0.25, -0.2) is 9.37 Å². The summed E-state index contributed by atoms with van der Waals surface area (Å²) < 4.78 is 18.2. The molecule has 2 aromatic carbocycles. The normalized spacial score (nSPS) is 10.4. The van der Waals surface area contributed by atoms with E-state index in [0.717, 1.165) is 11.1 Å². The number of para-hydroxylation sites is 1. The van der Waals surface area contributed by atoms with Gasteiger partial charge in [0, 0.05) is 16.5 Å². The van der Waals surface area contributed by atoms with Crippen LogP contribution in [0.5, 0.6) is 5.75 Å². The summed E-state index contributed by atoms with van der Waals surface area (Å²) in [7, 11) is 1.53. The van der Waals surface area contributed by atoms with Gasteiger partial charge in [0.2, 0.25) is 11.8 Å². The zero-order valence-corrected chi connectivity index (χ0v) is 15.9. The standard InChI is InChI=1S/C20H18FN3O3S/c1-27-17-5-3-2-4-14(17)10-18(25)23-24-19(26)11-16-12-28-20(22-16)13-6-8-15(21)9-7-13/h2-9,12H,10-11H2,1H3,(H,23,25)(H,24,26). The Hall–Kier alpha value is -3.26. The number of hydrazine groups is 1. The van der Waals surface area contributed by atoms with Crippen molar-refractivity contribution < 1.29 is 18.7 Å². The van der Waals surface area contributed by atoms with E-state index in [1.165, 1.54) is 30.6 Å². The van der Waals surface area contributed by atoms with Crippen LogP contribution in [0.15, 0.2) is 53.9 Å². The van der Waals surface area contributed by atoms with Crippen LogP contribution in [0.25, 0.3) is 10.6 Å². The van der Waals surface area contributed by atoms with Gasteiger partial charge in [-0.15, -0.1) is 11.3 Å². The highest BCUT2D eigenvalue weighted by Gasteiger charge is 2.12. The number of methoxy groups -OCH3 is 1. The molecule has 0 radical (unpaired) electrons. The van der Waals surface area contributed by atoms with Crippen molar-refractivity contribution in [3.8, 4) is 16.3 Å². The lowest BCUT2D eigenvalue weighted by Gasteiger charge is -2.09. The summed E-state index contributed by atoms with van der Waals surface area (Å²) in [5, 5.41) is 2.46. The van der Waals surface area contributed by atoms with Crippen molar-refractivity contribution in [1.29, 1.82) is 0 Å². The highest BCUT2D eigenvalue weighted by Crippen LogP contribution is 2.24. The van der Waals surface area contributed by atoms with Gasteiger partial charge in [0.25, 0.3) is 0 Å². The smallest absolute Gasteiger partial charge is 0.244 e. The summed E-state index contributed by atoms with van der Waals surface area (Å²) in [4.78, 5) is 28.4. The fraction of sp³-hybridized carbons (Fsp3) is 0.150. The molecule has 0 aliphatic heterocycles. The van der Waals surface area contributed by atoms with Crippen LogP contribution < -0.4 is 15.6 Å². The Labute approximate surface area is 165 Å². The van der Waals surface area contributed by atoms with Gasteiger partial charge in [-0.2, -0.15) is 0 Å². The molecule has 28 heavy (non-hydrogen) atoms. The first-order valence-corrected chi connectivity index (χ1v) is 9.33. The van der Waals surface area contributed by atoms with Crippen LogP contribution in [-0.2, 0) is 22.4 Å². The molecule has 0 fully saturated rings. The fourth-order valence-electron chi connectivity index (χ4n) is 2.53. The van der Waals surface area contributed by atoms with Gasteiger partial charge in [-0.3, -0.25) is 20.4 Å². The number of amides is 2. The molecular weight excluding hydrogens is 381 g/mol. The van der Waals surface area contributed by atoms with Gasteiger partial charge in [-0.1, -0.05) is 18.2 Å². The summed E-state index contributed by atoms with van der Waals surface area (Å²) in [5.74, 6) is -0.448. The van der Waals surface area contributed by atoms with Gasteiger partial charge in [0.05, 0.1) is 25.6 Å². The quantitative estimate of drug-likeness (QED) is 0.625. The molecule has 0 saturated heterocycles. The Morgan fingerprint density at radius 3 is 2.43 bits per heavy atom. The van der Waals surface area contributed by atoms with E-state index in [1.54, 1.807) is 29.6 Å². The van der Waals surface area contributed by atoms with E-state index >= 15 is 0 Å². The maximum atomic E-state index is 13.0. The third-order valence-electron chi connectivity index (χ3n) is 3.87. The fourth-order valence-corrected chi connectivity index (χ4v) is 3.35. The number of hydrogen-bond acceptors (Lipinski definition) is 5. The lowest BCUT2D eigenvalue weighted by molar-refractivity contribution is -0.128. The molecule has 6 nitrogen and oxygen atoms in total. The zero-order valence-electron chi connectivity index (χ0n) is 15.1. The summed E-state index contributed by atoms with van der Waals surface area (Å²) in [6, 6.07) is 13.2. The number of carbonyl (C=O) groups excluding carboxylic acids is 2. The topological polar surface area (TPSA) is 80.3 Å². The van der Waals surface area contributed by atoms with Crippen LogP contribution in [0.2, 0.25) is 0 Å². The van der Waals surface area contributed by atoms with Crippen LogP contribution in [0.4, 0.5) is 4.39 Å². The minimum atomic E-state index is -0.385. The minimum Gasteiger partial charge on any atom is -0.496 e. The van der Waals surface area contributed by atoms with E-state index in [1.807, 2.05) is 12.1 Å². The number of nitrogens with zero attached hydrogens (tertiary/aromatic N) is 1. The molecule has 8 heteroatoms. The van der Waals surface area contributed by atoms with E-state index in [4.69, 9.17) is 4.74 Å². The second-order valence-corrected chi connectivity index (χ2v) is 6.77. The molecule has 2 N–H and O–H groups in total. The number of halogens is 1. The van der Waals surface area contributed by atoms with Crippen LogP contribution >= 0.6 is 11.3 Å². The van der Waals surface area contributed by atoms with E-state index in [0.29, 0.717) is 16.5 Å². The molecule has 3 aromatic rings. The highest BCUT2D eigenvalue weighted by atomic mass is 32.1. The average Bonchev–Trinajstić information content (AvgIpc) is 3.16. The predicted octanol–water partition coefficient (Wildman–Crippen LogP) is 2.89. The third-order valence-corrected chi connectivity index (χ3v) is 4.81. The minimum absolute atomic E-state index is 0.0205. The van der Waals surface area contributed by atoms with Crippen molar-refractivity contribution in [2.75, 3.05) is 7.11 Å². The molecule has 0 bridgehead atoms. The number of nitrogens with one attached hydrogen (secondary N) is 2. The van der Waals surface area contributed by atoms with Crippen molar-refractivity contribution in [3.05, 3.63) is 71.0 Å². The molecule has 0 spiro atoms. The van der Waals surface area contributed by atoms with Gasteiger partial charge in [-0.05, 0) is 30.3 Å². The molecule has 0 aliphatic rings. The maximum Gasteiger partial charge on any atom is 0.244 e. The molecule has 144 valence electrons. The number of hydrogen-bond donors (Lipinski definition) is 2. The maximum absolute atomic E-state index is 13.0. The van der Waals surface area contributed by atoms with Crippen molar-refractivity contribution in [2.45, 2.75) is 12.8 Å². The number of rotatable bonds is 6. The van der Waals surface area contributed by atoms with Crippen LogP contribution in [-0.4, -0.2) is 23.9 Å². The second-order valence-electron chi connectivity index (χ2n) is 5.91. The number of carbonyl (C=O) groups is 2. The molecule has 0 saturated carbocycles. The Morgan fingerprint density at radius 1 is 1.04 bits per heavy atom. The lowest BCUT2D eigenvalue weighted by atomic mass is 10.1. The summed E-state index contributed by atoms with van der Waals surface area (Å²) in [6.07, 6.45) is 0.0995. The molecule has 3 rings (SSSR count). The van der Waals surface area contributed by atoms with E-state index in [-0.39, 0.29) is 30.5 Å². The van der Waals surface area contributed by atoms with Crippen molar-refractivity contribution >= 4 is 23.2 Å². The largest absolute Gasteiger partial charge is 0.496 e. The summed E-state index contributed by atoms with van der Waals surface area (Å²) >= 11 is 1.37. The Kier molecular flexibility index (Phi) is 6.33. The SMILES string of the molecule is COc1ccccc1CC(=O)NNC(=O)Cc1csc(-c2ccc(F)cc2)n1. The van der Waals surface area contributed by atoms with Gasteiger partial charge in [0.1, 0.15) is 16.6 Å². The van der Waals surface area contributed by atoms with Crippen molar-refractivity contribution in [1.82, 2.24) is 15.8 Å². The number of ether oxygens (including phenoxy) is 1.